The minimum atomic E-state index is -0.451. The monoisotopic (exact) mass is 456 g/mol. The summed E-state index contributed by atoms with van der Waals surface area (Å²) < 4.78 is 17.9. The highest BCUT2D eigenvalue weighted by atomic mass is 16.5. The minimum Gasteiger partial charge on any atom is -0.507 e. The average molecular weight is 457 g/mol. The lowest BCUT2D eigenvalue weighted by atomic mass is 9.44. The molecule has 5 rings (SSSR count). The molecule has 0 bridgehead atoms. The van der Waals surface area contributed by atoms with Crippen LogP contribution in [0, 0.1) is 22.7 Å². The van der Waals surface area contributed by atoms with Crippen molar-refractivity contribution < 1.29 is 28.9 Å². The minimum absolute atomic E-state index is 0.0103. The van der Waals surface area contributed by atoms with Crippen LogP contribution in [0.3, 0.4) is 0 Å². The number of benzene rings is 1. The van der Waals surface area contributed by atoms with E-state index in [1.165, 1.54) is 6.92 Å². The van der Waals surface area contributed by atoms with Gasteiger partial charge in [-0.1, -0.05) is 20.8 Å². The fourth-order valence-corrected chi connectivity index (χ4v) is 8.00. The number of cyclic esters (lactones) is 1. The first-order chi connectivity index (χ1) is 15.4. The van der Waals surface area contributed by atoms with Crippen molar-refractivity contribution in [1.82, 2.24) is 0 Å². The van der Waals surface area contributed by atoms with Gasteiger partial charge >= 0.3 is 11.9 Å². The SMILES string of the molecule is CC(=O)O[C@H]1CC[C@@]2(C)[C@@H](CC[C@]3(C)Oc4cc(O)c5c(c4C[C@@H]23)C[C@@H](C)OC5=O)C1(C)C. The number of rotatable bonds is 1. The van der Waals surface area contributed by atoms with Gasteiger partial charge in [-0.25, -0.2) is 4.79 Å². The van der Waals surface area contributed by atoms with E-state index in [1.807, 2.05) is 6.92 Å². The van der Waals surface area contributed by atoms with Crippen LogP contribution in [0.1, 0.15) is 88.7 Å². The summed E-state index contributed by atoms with van der Waals surface area (Å²) >= 11 is 0. The third-order valence-electron chi connectivity index (χ3n) is 9.48. The summed E-state index contributed by atoms with van der Waals surface area (Å²) in [5.41, 5.74) is 1.77. The van der Waals surface area contributed by atoms with Crippen molar-refractivity contribution in [1.29, 1.82) is 0 Å². The fraction of sp³-hybridized carbons (Fsp3) is 0.704. The van der Waals surface area contributed by atoms with Gasteiger partial charge in [-0.15, -0.1) is 0 Å². The van der Waals surface area contributed by atoms with E-state index in [4.69, 9.17) is 14.2 Å². The number of aromatic hydroxyl groups is 1. The van der Waals surface area contributed by atoms with Gasteiger partial charge in [0.25, 0.3) is 0 Å². The Balaban J connectivity index is 1.57. The van der Waals surface area contributed by atoms with Gasteiger partial charge in [0.1, 0.15) is 34.9 Å². The van der Waals surface area contributed by atoms with E-state index in [1.54, 1.807) is 6.07 Å². The summed E-state index contributed by atoms with van der Waals surface area (Å²) in [6, 6.07) is 1.61. The molecule has 0 aromatic heterocycles. The third-order valence-corrected chi connectivity index (χ3v) is 9.48. The molecule has 4 aliphatic rings. The van der Waals surface area contributed by atoms with E-state index < -0.39 is 5.97 Å². The zero-order chi connectivity index (χ0) is 23.9. The van der Waals surface area contributed by atoms with Crippen LogP contribution < -0.4 is 4.74 Å². The molecule has 2 aliphatic carbocycles. The maximum atomic E-state index is 12.6. The van der Waals surface area contributed by atoms with Crippen LogP contribution in [0.15, 0.2) is 6.07 Å². The van der Waals surface area contributed by atoms with Crippen molar-refractivity contribution in [2.75, 3.05) is 0 Å². The molecule has 1 N–H and O–H groups in total. The predicted molar refractivity (Wildman–Crippen MR) is 122 cm³/mol. The number of hydrogen-bond donors (Lipinski definition) is 1. The highest BCUT2D eigenvalue weighted by Crippen LogP contribution is 2.65. The quantitative estimate of drug-likeness (QED) is 0.601. The molecule has 6 nitrogen and oxygen atoms in total. The standard InChI is InChI=1S/C27H36O6/c1-14-11-17-16-12-21-26(5)9-8-22(32-15(2)28)25(3,4)20(26)7-10-27(21,6)33-19(16)13-18(29)23(17)24(30)31-14/h13-14,20-22,29H,7-12H2,1-6H3/t14-,20+,21+,22+,26+,27+/m1/s1. The van der Waals surface area contributed by atoms with Gasteiger partial charge in [-0.05, 0) is 68.4 Å². The largest absolute Gasteiger partial charge is 0.507 e. The summed E-state index contributed by atoms with van der Waals surface area (Å²) in [6.45, 7) is 12.5. The second-order valence-corrected chi connectivity index (χ2v) is 11.9. The topological polar surface area (TPSA) is 82.1 Å². The first kappa shape index (κ1) is 22.5. The molecule has 2 heterocycles. The second-order valence-electron chi connectivity index (χ2n) is 11.9. The van der Waals surface area contributed by atoms with E-state index >= 15 is 0 Å². The van der Waals surface area contributed by atoms with Crippen LogP contribution >= 0.6 is 0 Å². The third kappa shape index (κ3) is 3.19. The predicted octanol–water partition coefficient (Wildman–Crippen LogP) is 4.97. The lowest BCUT2D eigenvalue weighted by Gasteiger charge is -2.64. The van der Waals surface area contributed by atoms with Crippen molar-refractivity contribution in [2.24, 2.45) is 22.7 Å². The molecule has 2 saturated carbocycles. The zero-order valence-electron chi connectivity index (χ0n) is 20.6. The Morgan fingerprint density at radius 2 is 1.82 bits per heavy atom. The molecule has 6 atom stereocenters. The normalized spacial score (nSPS) is 38.5. The summed E-state index contributed by atoms with van der Waals surface area (Å²) in [6.07, 6.45) is 4.83. The average Bonchev–Trinajstić information content (AvgIpc) is 2.68. The molecule has 0 unspecified atom stereocenters. The van der Waals surface area contributed by atoms with Gasteiger partial charge in [0, 0.05) is 30.7 Å². The fourth-order valence-electron chi connectivity index (χ4n) is 8.00. The van der Waals surface area contributed by atoms with Crippen LogP contribution in [0.5, 0.6) is 11.5 Å². The Kier molecular flexibility index (Phi) is 4.87. The van der Waals surface area contributed by atoms with Crippen LogP contribution in [0.2, 0.25) is 0 Å². The van der Waals surface area contributed by atoms with Gasteiger partial charge < -0.3 is 19.3 Å². The molecule has 2 aliphatic heterocycles. The van der Waals surface area contributed by atoms with Crippen LogP contribution in [0.4, 0.5) is 0 Å². The highest BCUT2D eigenvalue weighted by molar-refractivity contribution is 5.96. The number of hydrogen-bond acceptors (Lipinski definition) is 6. The van der Waals surface area contributed by atoms with Crippen LogP contribution in [0.25, 0.3) is 0 Å². The van der Waals surface area contributed by atoms with Crippen molar-refractivity contribution in [2.45, 2.75) is 97.9 Å². The molecule has 2 fully saturated rings. The Morgan fingerprint density at radius 1 is 1.09 bits per heavy atom. The number of phenols is 1. The van der Waals surface area contributed by atoms with Crippen molar-refractivity contribution in [3.8, 4) is 11.5 Å². The second kappa shape index (κ2) is 7.13. The molecular formula is C27H36O6. The molecule has 33 heavy (non-hydrogen) atoms. The van der Waals surface area contributed by atoms with E-state index in [2.05, 4.69) is 27.7 Å². The smallest absolute Gasteiger partial charge is 0.342 e. The molecule has 180 valence electrons. The van der Waals surface area contributed by atoms with Gasteiger partial charge in [0.05, 0.1) is 0 Å². The number of phenolic OH excluding ortho intramolecular Hbond substituents is 1. The van der Waals surface area contributed by atoms with E-state index in [9.17, 15) is 14.7 Å². The summed E-state index contributed by atoms with van der Waals surface area (Å²) in [5, 5.41) is 10.6. The van der Waals surface area contributed by atoms with E-state index in [-0.39, 0.29) is 46.3 Å². The van der Waals surface area contributed by atoms with E-state index in [0.717, 1.165) is 43.2 Å². The molecule has 0 spiro atoms. The molecule has 0 amide bonds. The molecule has 6 heteroatoms. The van der Waals surface area contributed by atoms with Crippen LogP contribution in [-0.4, -0.2) is 34.9 Å². The maximum Gasteiger partial charge on any atom is 0.342 e. The molecule has 0 saturated heterocycles. The van der Waals surface area contributed by atoms with Gasteiger partial charge in [0.2, 0.25) is 0 Å². The zero-order valence-corrected chi connectivity index (χ0v) is 20.6. The Morgan fingerprint density at radius 3 is 2.52 bits per heavy atom. The van der Waals surface area contributed by atoms with E-state index in [0.29, 0.717) is 23.7 Å². The van der Waals surface area contributed by atoms with Crippen molar-refractivity contribution in [3.05, 3.63) is 22.8 Å². The first-order valence-electron chi connectivity index (χ1n) is 12.3. The molecule has 1 aromatic rings. The number of carbonyl (C=O) groups is 2. The Hall–Kier alpha value is -2.24. The first-order valence-corrected chi connectivity index (χ1v) is 12.3. The number of carbonyl (C=O) groups excluding carboxylic acids is 2. The van der Waals surface area contributed by atoms with Crippen molar-refractivity contribution in [3.63, 3.8) is 0 Å². The summed E-state index contributed by atoms with van der Waals surface area (Å²) in [7, 11) is 0. The molecule has 1 aromatic carbocycles. The maximum absolute atomic E-state index is 12.6. The Bertz CT molecular complexity index is 1030. The number of ether oxygens (including phenoxy) is 3. The van der Waals surface area contributed by atoms with Gasteiger partial charge in [-0.2, -0.15) is 0 Å². The lowest BCUT2D eigenvalue weighted by molar-refractivity contribution is -0.203. The molecular weight excluding hydrogens is 420 g/mol. The van der Waals surface area contributed by atoms with Gasteiger partial charge in [-0.3, -0.25) is 4.79 Å². The Labute approximate surface area is 196 Å². The molecule has 0 radical (unpaired) electrons. The van der Waals surface area contributed by atoms with Crippen LogP contribution in [-0.2, 0) is 27.1 Å². The highest BCUT2D eigenvalue weighted by Gasteiger charge is 2.63. The summed E-state index contributed by atoms with van der Waals surface area (Å²) in [5.74, 6) is 0.652. The van der Waals surface area contributed by atoms with Crippen molar-refractivity contribution >= 4 is 11.9 Å². The lowest BCUT2D eigenvalue weighted by Crippen LogP contribution is -2.64. The number of fused-ring (bicyclic) bond motifs is 6. The number of esters is 2. The van der Waals surface area contributed by atoms with Gasteiger partial charge in [0.15, 0.2) is 0 Å². The summed E-state index contributed by atoms with van der Waals surface area (Å²) in [4.78, 5) is 24.4.